The Hall–Kier alpha value is -0.300. The molecule has 1 N–H and O–H groups in total. The predicted octanol–water partition coefficient (Wildman–Crippen LogP) is 2.50. The Morgan fingerprint density at radius 1 is 1.31 bits per heavy atom. The van der Waals surface area contributed by atoms with Crippen molar-refractivity contribution in [2.45, 2.75) is 44.6 Å². The van der Waals surface area contributed by atoms with E-state index in [1.165, 1.54) is 32.1 Å². The number of hydrogen-bond donors (Lipinski definition) is 1. The third-order valence-corrected chi connectivity index (χ3v) is 4.65. The van der Waals surface area contributed by atoms with Crippen molar-refractivity contribution in [3.63, 3.8) is 0 Å². The van der Waals surface area contributed by atoms with Gasteiger partial charge in [-0.05, 0) is 55.8 Å². The highest BCUT2D eigenvalue weighted by atomic mass is 16.3. The van der Waals surface area contributed by atoms with E-state index >= 15 is 0 Å². The molecule has 0 aromatic carbocycles. The van der Waals surface area contributed by atoms with Gasteiger partial charge in [-0.1, -0.05) is 12.2 Å². The van der Waals surface area contributed by atoms with Crippen molar-refractivity contribution in [1.29, 1.82) is 0 Å². The fraction of sp³-hybridized carbons (Fsp3) is 0.833. The minimum atomic E-state index is 0.00718. The minimum absolute atomic E-state index is 0.00718. The van der Waals surface area contributed by atoms with Crippen LogP contribution in [0.4, 0.5) is 0 Å². The molecule has 4 aliphatic rings. The van der Waals surface area contributed by atoms with E-state index in [9.17, 15) is 5.11 Å². The van der Waals surface area contributed by atoms with Crippen molar-refractivity contribution >= 4 is 0 Å². The van der Waals surface area contributed by atoms with Gasteiger partial charge in [0.15, 0.2) is 0 Å². The lowest BCUT2D eigenvalue weighted by atomic mass is 9.52. The van der Waals surface area contributed by atoms with E-state index in [2.05, 4.69) is 12.2 Å². The van der Waals surface area contributed by atoms with E-state index in [-0.39, 0.29) is 6.10 Å². The second-order valence-electron chi connectivity index (χ2n) is 5.22. The van der Waals surface area contributed by atoms with Crippen molar-refractivity contribution < 1.29 is 5.11 Å². The number of aliphatic hydroxyl groups excluding tert-OH is 1. The molecule has 1 spiro atoms. The molecular formula is C12H18O. The lowest BCUT2D eigenvalue weighted by Crippen LogP contribution is -2.48. The maximum absolute atomic E-state index is 9.90. The van der Waals surface area contributed by atoms with Crippen LogP contribution in [0.1, 0.15) is 38.5 Å². The molecule has 0 amide bonds. The van der Waals surface area contributed by atoms with Crippen LogP contribution in [-0.2, 0) is 0 Å². The topological polar surface area (TPSA) is 20.2 Å². The third kappa shape index (κ3) is 1.03. The normalized spacial score (nSPS) is 53.5. The van der Waals surface area contributed by atoms with Gasteiger partial charge in [0.25, 0.3) is 0 Å². The number of fused-ring (bicyclic) bond motifs is 2. The Balaban J connectivity index is 1.96. The highest BCUT2D eigenvalue weighted by Crippen LogP contribution is 2.57. The van der Waals surface area contributed by atoms with Gasteiger partial charge in [0.1, 0.15) is 0 Å². The summed E-state index contributed by atoms with van der Waals surface area (Å²) in [4.78, 5) is 0. The SMILES string of the molecule is OC1CC23C=CCCC2CC1CC3. The first-order valence-corrected chi connectivity index (χ1v) is 5.66. The standard InChI is InChI=1S/C12H18O/c13-11-8-12-5-2-1-3-10(12)7-9(11)4-6-12/h2,5,9-11,13H,1,3-4,6-8H2. The third-order valence-electron chi connectivity index (χ3n) is 4.65. The molecule has 3 fully saturated rings. The largest absolute Gasteiger partial charge is 0.393 e. The van der Waals surface area contributed by atoms with Gasteiger partial charge in [-0.15, -0.1) is 0 Å². The molecule has 3 saturated carbocycles. The molecule has 4 rings (SSSR count). The second kappa shape index (κ2) is 2.60. The molecule has 0 aromatic rings. The molecule has 1 nitrogen and oxygen atoms in total. The Labute approximate surface area is 79.8 Å². The van der Waals surface area contributed by atoms with Crippen LogP contribution in [0, 0.1) is 17.3 Å². The summed E-state index contributed by atoms with van der Waals surface area (Å²) >= 11 is 0. The minimum Gasteiger partial charge on any atom is -0.393 e. The summed E-state index contributed by atoms with van der Waals surface area (Å²) < 4.78 is 0. The number of hydrogen-bond acceptors (Lipinski definition) is 1. The van der Waals surface area contributed by atoms with Crippen LogP contribution < -0.4 is 0 Å². The van der Waals surface area contributed by atoms with Crippen molar-refractivity contribution in [3.05, 3.63) is 12.2 Å². The summed E-state index contributed by atoms with van der Waals surface area (Å²) in [6, 6.07) is 0. The van der Waals surface area contributed by atoms with Gasteiger partial charge in [0.05, 0.1) is 6.10 Å². The first-order chi connectivity index (χ1) is 6.30. The molecule has 0 heterocycles. The average molecular weight is 178 g/mol. The van der Waals surface area contributed by atoms with Gasteiger partial charge in [0, 0.05) is 0 Å². The van der Waals surface area contributed by atoms with E-state index in [1.54, 1.807) is 0 Å². The van der Waals surface area contributed by atoms with Gasteiger partial charge in [-0.2, -0.15) is 0 Å². The predicted molar refractivity (Wildman–Crippen MR) is 52.3 cm³/mol. The first-order valence-electron chi connectivity index (χ1n) is 5.66. The highest BCUT2D eigenvalue weighted by Gasteiger charge is 2.50. The van der Waals surface area contributed by atoms with Crippen LogP contribution in [0.15, 0.2) is 12.2 Å². The van der Waals surface area contributed by atoms with Gasteiger partial charge in [-0.3, -0.25) is 0 Å². The summed E-state index contributed by atoms with van der Waals surface area (Å²) in [6.45, 7) is 0. The molecule has 4 atom stereocenters. The summed E-state index contributed by atoms with van der Waals surface area (Å²) in [5.41, 5.74) is 0.423. The summed E-state index contributed by atoms with van der Waals surface area (Å²) in [6.07, 6.45) is 12.4. The average Bonchev–Trinajstić information content (AvgIpc) is 2.16. The van der Waals surface area contributed by atoms with Crippen molar-refractivity contribution in [2.24, 2.45) is 17.3 Å². The monoisotopic (exact) mass is 178 g/mol. The molecule has 0 aromatic heterocycles. The van der Waals surface area contributed by atoms with E-state index in [0.29, 0.717) is 11.3 Å². The molecule has 1 heteroatoms. The maximum atomic E-state index is 9.90. The fourth-order valence-electron chi connectivity index (χ4n) is 3.86. The molecule has 2 bridgehead atoms. The Morgan fingerprint density at radius 2 is 2.23 bits per heavy atom. The zero-order valence-corrected chi connectivity index (χ0v) is 8.08. The number of allylic oxidation sites excluding steroid dienone is 2. The molecule has 13 heavy (non-hydrogen) atoms. The van der Waals surface area contributed by atoms with Gasteiger partial charge < -0.3 is 5.11 Å². The quantitative estimate of drug-likeness (QED) is 0.565. The van der Waals surface area contributed by atoms with Crippen molar-refractivity contribution in [2.75, 3.05) is 0 Å². The lowest BCUT2D eigenvalue weighted by Gasteiger charge is -2.54. The summed E-state index contributed by atoms with van der Waals surface area (Å²) in [7, 11) is 0. The van der Waals surface area contributed by atoms with Gasteiger partial charge >= 0.3 is 0 Å². The van der Waals surface area contributed by atoms with Gasteiger partial charge in [-0.25, -0.2) is 0 Å². The zero-order valence-electron chi connectivity index (χ0n) is 8.08. The Bertz CT molecular complexity index is 246. The zero-order chi connectivity index (χ0) is 8.89. The van der Waals surface area contributed by atoms with E-state index in [4.69, 9.17) is 0 Å². The summed E-state index contributed by atoms with van der Waals surface area (Å²) in [5, 5.41) is 9.90. The highest BCUT2D eigenvalue weighted by molar-refractivity contribution is 5.14. The molecule has 4 unspecified atom stereocenters. The molecule has 0 aliphatic heterocycles. The van der Waals surface area contributed by atoms with Crippen molar-refractivity contribution in [3.8, 4) is 0 Å². The molecule has 0 radical (unpaired) electrons. The van der Waals surface area contributed by atoms with Crippen LogP contribution in [0.3, 0.4) is 0 Å². The first kappa shape index (κ1) is 8.05. The molecule has 72 valence electrons. The number of aliphatic hydroxyl groups is 1. The lowest BCUT2D eigenvalue weighted by molar-refractivity contribution is -0.0721. The molecule has 4 aliphatic carbocycles. The van der Waals surface area contributed by atoms with E-state index in [0.717, 1.165) is 12.3 Å². The smallest absolute Gasteiger partial charge is 0.0576 e. The Morgan fingerprint density at radius 3 is 3.08 bits per heavy atom. The van der Waals surface area contributed by atoms with Crippen LogP contribution in [-0.4, -0.2) is 11.2 Å². The van der Waals surface area contributed by atoms with Crippen LogP contribution >= 0.6 is 0 Å². The fourth-order valence-corrected chi connectivity index (χ4v) is 3.86. The Kier molecular flexibility index (Phi) is 1.61. The van der Waals surface area contributed by atoms with E-state index in [1.807, 2.05) is 0 Å². The van der Waals surface area contributed by atoms with Crippen molar-refractivity contribution in [1.82, 2.24) is 0 Å². The summed E-state index contributed by atoms with van der Waals surface area (Å²) in [5.74, 6) is 1.54. The molecule has 0 saturated heterocycles. The van der Waals surface area contributed by atoms with Crippen LogP contribution in [0.5, 0.6) is 0 Å². The van der Waals surface area contributed by atoms with E-state index < -0.39 is 0 Å². The second-order valence-corrected chi connectivity index (χ2v) is 5.22. The number of rotatable bonds is 0. The van der Waals surface area contributed by atoms with Crippen LogP contribution in [0.25, 0.3) is 0 Å². The maximum Gasteiger partial charge on any atom is 0.0576 e. The van der Waals surface area contributed by atoms with Gasteiger partial charge in [0.2, 0.25) is 0 Å². The molecular weight excluding hydrogens is 160 g/mol. The van der Waals surface area contributed by atoms with Crippen LogP contribution in [0.2, 0.25) is 0 Å².